The van der Waals surface area contributed by atoms with Crippen LogP contribution in [0, 0.1) is 10.1 Å². The van der Waals surface area contributed by atoms with E-state index in [1.807, 2.05) is 32.4 Å². The minimum absolute atomic E-state index is 0.0943. The van der Waals surface area contributed by atoms with Crippen LogP contribution in [-0.4, -0.2) is 24.0 Å². The van der Waals surface area contributed by atoms with Crippen molar-refractivity contribution < 1.29 is 4.92 Å². The van der Waals surface area contributed by atoms with Crippen molar-refractivity contribution in [2.75, 3.05) is 19.0 Å². The van der Waals surface area contributed by atoms with Crippen LogP contribution in [0.1, 0.15) is 0 Å². The summed E-state index contributed by atoms with van der Waals surface area (Å²) in [6, 6.07) is 13.0. The van der Waals surface area contributed by atoms with Gasteiger partial charge in [0, 0.05) is 54.6 Å². The predicted molar refractivity (Wildman–Crippen MR) is 84.7 cm³/mol. The lowest BCUT2D eigenvalue weighted by atomic mass is 10.0. The SMILES string of the molecule is CN(C)c1ccccc1-c1c[nH]c2cc([N+](=O)[O-])ccc12. The summed E-state index contributed by atoms with van der Waals surface area (Å²) >= 11 is 0. The molecule has 0 saturated heterocycles. The summed E-state index contributed by atoms with van der Waals surface area (Å²) in [5.41, 5.74) is 4.12. The average molecular weight is 281 g/mol. The fraction of sp³-hybridized carbons (Fsp3) is 0.125. The molecule has 5 nitrogen and oxygen atoms in total. The van der Waals surface area contributed by atoms with E-state index in [9.17, 15) is 10.1 Å². The maximum Gasteiger partial charge on any atom is 0.271 e. The van der Waals surface area contributed by atoms with Crippen molar-refractivity contribution in [1.29, 1.82) is 0 Å². The van der Waals surface area contributed by atoms with Gasteiger partial charge in [-0.2, -0.15) is 0 Å². The highest BCUT2D eigenvalue weighted by Crippen LogP contribution is 2.35. The third-order valence-electron chi connectivity index (χ3n) is 3.55. The van der Waals surface area contributed by atoms with Crippen molar-refractivity contribution in [3.8, 4) is 11.1 Å². The second-order valence-corrected chi connectivity index (χ2v) is 5.10. The molecule has 1 heterocycles. The first kappa shape index (κ1) is 13.2. The van der Waals surface area contributed by atoms with Crippen LogP contribution in [-0.2, 0) is 0 Å². The number of fused-ring (bicyclic) bond motifs is 1. The molecular formula is C16H15N3O2. The maximum atomic E-state index is 10.8. The molecule has 0 aliphatic carbocycles. The van der Waals surface area contributed by atoms with Crippen LogP contribution in [0.5, 0.6) is 0 Å². The summed E-state index contributed by atoms with van der Waals surface area (Å²) < 4.78 is 0. The van der Waals surface area contributed by atoms with Gasteiger partial charge in [0.2, 0.25) is 0 Å². The number of rotatable bonds is 3. The molecule has 0 bridgehead atoms. The van der Waals surface area contributed by atoms with Gasteiger partial charge in [0.05, 0.1) is 10.4 Å². The van der Waals surface area contributed by atoms with Gasteiger partial charge in [-0.15, -0.1) is 0 Å². The van der Waals surface area contributed by atoms with Gasteiger partial charge >= 0.3 is 0 Å². The maximum absolute atomic E-state index is 10.8. The Bertz CT molecular complexity index is 821. The van der Waals surface area contributed by atoms with Crippen molar-refractivity contribution in [2.24, 2.45) is 0 Å². The number of nitrogens with zero attached hydrogens (tertiary/aromatic N) is 2. The van der Waals surface area contributed by atoms with Gasteiger partial charge in [-0.1, -0.05) is 18.2 Å². The molecule has 0 fully saturated rings. The Balaban J connectivity index is 2.20. The molecule has 1 aromatic heterocycles. The number of anilines is 1. The Morgan fingerprint density at radius 3 is 2.57 bits per heavy atom. The van der Waals surface area contributed by atoms with Crippen molar-refractivity contribution in [3.63, 3.8) is 0 Å². The Hall–Kier alpha value is -2.82. The van der Waals surface area contributed by atoms with Gasteiger partial charge in [-0.05, 0) is 12.1 Å². The highest BCUT2D eigenvalue weighted by molar-refractivity contribution is 5.99. The Labute approximate surface area is 122 Å². The van der Waals surface area contributed by atoms with Gasteiger partial charge in [0.25, 0.3) is 5.69 Å². The average Bonchev–Trinajstić information content (AvgIpc) is 2.89. The molecule has 0 aliphatic rings. The molecule has 106 valence electrons. The monoisotopic (exact) mass is 281 g/mol. The third kappa shape index (κ3) is 2.23. The first-order chi connectivity index (χ1) is 10.1. The molecule has 0 unspecified atom stereocenters. The zero-order chi connectivity index (χ0) is 15.0. The zero-order valence-electron chi connectivity index (χ0n) is 11.8. The Morgan fingerprint density at radius 2 is 1.86 bits per heavy atom. The number of nitrogens with one attached hydrogen (secondary N) is 1. The second kappa shape index (κ2) is 4.94. The molecule has 3 rings (SSSR count). The lowest BCUT2D eigenvalue weighted by molar-refractivity contribution is -0.384. The largest absolute Gasteiger partial charge is 0.377 e. The first-order valence-corrected chi connectivity index (χ1v) is 6.60. The van der Waals surface area contributed by atoms with E-state index < -0.39 is 0 Å². The first-order valence-electron chi connectivity index (χ1n) is 6.60. The number of aromatic nitrogens is 1. The fourth-order valence-electron chi connectivity index (χ4n) is 2.54. The fourth-order valence-corrected chi connectivity index (χ4v) is 2.54. The molecule has 0 atom stereocenters. The third-order valence-corrected chi connectivity index (χ3v) is 3.55. The second-order valence-electron chi connectivity index (χ2n) is 5.10. The van der Waals surface area contributed by atoms with Gasteiger partial charge in [0.1, 0.15) is 0 Å². The summed E-state index contributed by atoms with van der Waals surface area (Å²) in [6.07, 6.45) is 1.90. The van der Waals surface area contributed by atoms with Gasteiger partial charge < -0.3 is 9.88 Å². The molecule has 0 aliphatic heterocycles. The molecular weight excluding hydrogens is 266 g/mol. The van der Waals surface area contributed by atoms with E-state index in [2.05, 4.69) is 22.0 Å². The minimum Gasteiger partial charge on any atom is -0.377 e. The van der Waals surface area contributed by atoms with Crippen molar-refractivity contribution in [3.05, 3.63) is 58.8 Å². The van der Waals surface area contributed by atoms with Crippen LogP contribution in [0.3, 0.4) is 0 Å². The molecule has 0 radical (unpaired) electrons. The zero-order valence-corrected chi connectivity index (χ0v) is 11.8. The van der Waals surface area contributed by atoms with Gasteiger partial charge in [-0.3, -0.25) is 10.1 Å². The highest BCUT2D eigenvalue weighted by Gasteiger charge is 2.13. The lowest BCUT2D eigenvalue weighted by Gasteiger charge is -2.16. The summed E-state index contributed by atoms with van der Waals surface area (Å²) in [4.78, 5) is 15.6. The molecule has 0 saturated carbocycles. The van der Waals surface area contributed by atoms with Gasteiger partial charge in [-0.25, -0.2) is 0 Å². The number of para-hydroxylation sites is 1. The van der Waals surface area contributed by atoms with E-state index >= 15 is 0 Å². The molecule has 0 amide bonds. The van der Waals surface area contributed by atoms with E-state index in [0.717, 1.165) is 27.7 Å². The smallest absolute Gasteiger partial charge is 0.271 e. The summed E-state index contributed by atoms with van der Waals surface area (Å²) in [7, 11) is 4.00. The number of hydrogen-bond acceptors (Lipinski definition) is 3. The minimum atomic E-state index is -0.381. The molecule has 1 N–H and O–H groups in total. The van der Waals surface area contributed by atoms with Crippen LogP contribution < -0.4 is 4.90 Å². The van der Waals surface area contributed by atoms with Crippen LogP contribution in [0.2, 0.25) is 0 Å². The highest BCUT2D eigenvalue weighted by atomic mass is 16.6. The van der Waals surface area contributed by atoms with Crippen molar-refractivity contribution in [2.45, 2.75) is 0 Å². The number of nitro groups is 1. The van der Waals surface area contributed by atoms with Crippen LogP contribution >= 0.6 is 0 Å². The topological polar surface area (TPSA) is 62.2 Å². The summed E-state index contributed by atoms with van der Waals surface area (Å²) in [6.45, 7) is 0. The number of H-pyrrole nitrogens is 1. The molecule has 21 heavy (non-hydrogen) atoms. The van der Waals surface area contributed by atoms with E-state index in [1.54, 1.807) is 12.1 Å². The van der Waals surface area contributed by atoms with E-state index in [-0.39, 0.29) is 10.6 Å². The number of aromatic amines is 1. The van der Waals surface area contributed by atoms with Crippen molar-refractivity contribution >= 4 is 22.3 Å². The number of nitro benzene ring substituents is 1. The summed E-state index contributed by atoms with van der Waals surface area (Å²) in [5, 5.41) is 11.8. The van der Waals surface area contributed by atoms with Crippen LogP contribution in [0.4, 0.5) is 11.4 Å². The van der Waals surface area contributed by atoms with E-state index in [1.165, 1.54) is 6.07 Å². The van der Waals surface area contributed by atoms with Gasteiger partial charge in [0.15, 0.2) is 0 Å². The predicted octanol–water partition coefficient (Wildman–Crippen LogP) is 3.81. The van der Waals surface area contributed by atoms with Crippen molar-refractivity contribution in [1.82, 2.24) is 4.98 Å². The number of hydrogen-bond donors (Lipinski definition) is 1. The molecule has 3 aromatic rings. The lowest BCUT2D eigenvalue weighted by Crippen LogP contribution is -2.09. The number of benzene rings is 2. The standard InChI is InChI=1S/C16H15N3O2/c1-18(2)16-6-4-3-5-13(16)14-10-17-15-9-11(19(20)21)7-8-12(14)15/h3-10,17H,1-2H3. The Kier molecular flexibility index (Phi) is 3.10. The van der Waals surface area contributed by atoms with E-state index in [0.29, 0.717) is 0 Å². The van der Waals surface area contributed by atoms with Crippen LogP contribution in [0.15, 0.2) is 48.7 Å². The van der Waals surface area contributed by atoms with E-state index in [4.69, 9.17) is 0 Å². The molecule has 2 aromatic carbocycles. The normalized spacial score (nSPS) is 10.8. The molecule has 0 spiro atoms. The molecule has 5 heteroatoms. The quantitative estimate of drug-likeness (QED) is 0.586. The summed E-state index contributed by atoms with van der Waals surface area (Å²) in [5.74, 6) is 0. The Morgan fingerprint density at radius 1 is 1.10 bits per heavy atom. The van der Waals surface area contributed by atoms with Crippen LogP contribution in [0.25, 0.3) is 22.0 Å². The number of non-ortho nitro benzene ring substituents is 1.